The molecule has 0 bridgehead atoms. The third-order valence-electron chi connectivity index (χ3n) is 4.52. The SMILES string of the molecule is N#CC(C#N)=C1c2ccccc2OC[C@H]1[C@@H](C[N+](=O)[O-])c1ccccc1. The van der Waals surface area contributed by atoms with Crippen molar-refractivity contribution in [3.8, 4) is 17.9 Å². The molecule has 1 aliphatic rings. The Bertz CT molecular complexity index is 923. The van der Waals surface area contributed by atoms with Crippen LogP contribution in [-0.2, 0) is 0 Å². The molecule has 0 saturated heterocycles. The first-order valence-corrected chi connectivity index (χ1v) is 8.09. The Hall–Kier alpha value is -3.64. The molecule has 1 aliphatic heterocycles. The summed E-state index contributed by atoms with van der Waals surface area (Å²) in [5.74, 6) is -0.395. The first-order valence-electron chi connectivity index (χ1n) is 8.09. The first kappa shape index (κ1) is 17.2. The predicted molar refractivity (Wildman–Crippen MR) is 94.6 cm³/mol. The zero-order chi connectivity index (χ0) is 18.5. The highest BCUT2D eigenvalue weighted by Gasteiger charge is 2.37. The Labute approximate surface area is 150 Å². The van der Waals surface area contributed by atoms with E-state index < -0.39 is 11.8 Å². The average molecular weight is 345 g/mol. The van der Waals surface area contributed by atoms with Crippen molar-refractivity contribution >= 4 is 5.57 Å². The van der Waals surface area contributed by atoms with Gasteiger partial charge in [-0.1, -0.05) is 48.5 Å². The molecule has 6 nitrogen and oxygen atoms in total. The van der Waals surface area contributed by atoms with Crippen molar-refractivity contribution in [2.45, 2.75) is 5.92 Å². The van der Waals surface area contributed by atoms with Gasteiger partial charge in [0.05, 0.1) is 12.5 Å². The molecule has 0 aromatic heterocycles. The molecule has 0 unspecified atom stereocenters. The van der Waals surface area contributed by atoms with Gasteiger partial charge in [-0.15, -0.1) is 0 Å². The Kier molecular flexibility index (Phi) is 4.96. The topological polar surface area (TPSA) is 100.0 Å². The molecule has 26 heavy (non-hydrogen) atoms. The van der Waals surface area contributed by atoms with Crippen LogP contribution >= 0.6 is 0 Å². The second kappa shape index (κ2) is 7.50. The minimum atomic E-state index is -0.508. The van der Waals surface area contributed by atoms with E-state index in [9.17, 15) is 20.6 Å². The van der Waals surface area contributed by atoms with Gasteiger partial charge in [-0.05, 0) is 17.2 Å². The van der Waals surface area contributed by atoms with Crippen molar-refractivity contribution in [2.24, 2.45) is 5.92 Å². The molecule has 1 heterocycles. The fraction of sp³-hybridized carbons (Fsp3) is 0.200. The number of nitrogens with zero attached hydrogens (tertiary/aromatic N) is 3. The lowest BCUT2D eigenvalue weighted by Crippen LogP contribution is -2.30. The average Bonchev–Trinajstić information content (AvgIpc) is 2.68. The lowest BCUT2D eigenvalue weighted by molar-refractivity contribution is -0.484. The predicted octanol–water partition coefficient (Wildman–Crippen LogP) is 3.56. The fourth-order valence-corrected chi connectivity index (χ4v) is 3.39. The molecule has 6 heteroatoms. The molecule has 0 N–H and O–H groups in total. The summed E-state index contributed by atoms with van der Waals surface area (Å²) in [5, 5.41) is 30.2. The standard InChI is InChI=1S/C20H15N3O3/c21-10-15(11-22)20-16-8-4-5-9-19(16)26-13-18(20)17(12-23(24)25)14-6-2-1-3-7-14/h1-9,17-18H,12-13H2/t17-,18-/m0/s1. The minimum absolute atomic E-state index is 0.0324. The van der Waals surface area contributed by atoms with Gasteiger partial charge in [-0.3, -0.25) is 10.1 Å². The van der Waals surface area contributed by atoms with Crippen LogP contribution in [0.4, 0.5) is 0 Å². The lowest BCUT2D eigenvalue weighted by Gasteiger charge is -2.32. The molecule has 2 atom stereocenters. The quantitative estimate of drug-likeness (QED) is 0.479. The van der Waals surface area contributed by atoms with E-state index in [2.05, 4.69) is 0 Å². The fourth-order valence-electron chi connectivity index (χ4n) is 3.39. The summed E-state index contributed by atoms with van der Waals surface area (Å²) in [6, 6.07) is 20.2. The van der Waals surface area contributed by atoms with E-state index in [0.29, 0.717) is 16.9 Å². The van der Waals surface area contributed by atoms with E-state index in [1.165, 1.54) is 0 Å². The van der Waals surface area contributed by atoms with Crippen LogP contribution in [0, 0.1) is 38.7 Å². The Balaban J connectivity index is 2.18. The summed E-state index contributed by atoms with van der Waals surface area (Å²) in [6.45, 7) is -0.138. The molecule has 0 saturated carbocycles. The molecule has 0 spiro atoms. The van der Waals surface area contributed by atoms with Gasteiger partial charge in [0.15, 0.2) is 0 Å². The number of nitro groups is 1. The summed E-state index contributed by atoms with van der Waals surface area (Å²) in [4.78, 5) is 10.9. The van der Waals surface area contributed by atoms with E-state index in [0.717, 1.165) is 5.56 Å². The van der Waals surface area contributed by atoms with Crippen molar-refractivity contribution in [1.29, 1.82) is 10.5 Å². The maximum Gasteiger partial charge on any atom is 0.211 e. The molecule has 128 valence electrons. The molecule has 2 aromatic carbocycles. The monoisotopic (exact) mass is 345 g/mol. The van der Waals surface area contributed by atoms with E-state index >= 15 is 0 Å². The van der Waals surface area contributed by atoms with Gasteiger partial charge >= 0.3 is 0 Å². The molecule has 0 amide bonds. The molecule has 0 radical (unpaired) electrons. The summed E-state index contributed by atoms with van der Waals surface area (Å²) in [6.07, 6.45) is 0. The van der Waals surface area contributed by atoms with Gasteiger partial charge in [-0.25, -0.2) is 0 Å². The first-order chi connectivity index (χ1) is 12.7. The Morgan fingerprint density at radius 1 is 1.15 bits per heavy atom. The maximum absolute atomic E-state index is 11.3. The van der Waals surface area contributed by atoms with Crippen LogP contribution in [0.15, 0.2) is 60.2 Å². The van der Waals surface area contributed by atoms with Gasteiger partial charge in [0.1, 0.15) is 23.5 Å². The van der Waals surface area contributed by atoms with Gasteiger partial charge in [-0.2, -0.15) is 10.5 Å². The van der Waals surface area contributed by atoms with Crippen LogP contribution in [0.1, 0.15) is 17.0 Å². The van der Waals surface area contributed by atoms with Gasteiger partial charge in [0.2, 0.25) is 6.54 Å². The Morgan fingerprint density at radius 3 is 2.46 bits per heavy atom. The largest absolute Gasteiger partial charge is 0.492 e. The van der Waals surface area contributed by atoms with E-state index in [4.69, 9.17) is 4.74 Å². The summed E-state index contributed by atoms with van der Waals surface area (Å²) in [7, 11) is 0. The second-order valence-electron chi connectivity index (χ2n) is 5.96. The molecule has 0 fully saturated rings. The van der Waals surface area contributed by atoms with Crippen LogP contribution in [-0.4, -0.2) is 18.1 Å². The van der Waals surface area contributed by atoms with E-state index in [1.54, 1.807) is 24.3 Å². The number of hydrogen-bond acceptors (Lipinski definition) is 5. The number of fused-ring (bicyclic) bond motifs is 1. The van der Waals surface area contributed by atoms with E-state index in [1.807, 2.05) is 42.5 Å². The number of rotatable bonds is 4. The van der Waals surface area contributed by atoms with Crippen molar-refractivity contribution in [3.63, 3.8) is 0 Å². The van der Waals surface area contributed by atoms with Crippen molar-refractivity contribution in [3.05, 3.63) is 81.4 Å². The van der Waals surface area contributed by atoms with Crippen LogP contribution in [0.25, 0.3) is 5.57 Å². The maximum atomic E-state index is 11.3. The summed E-state index contributed by atoms with van der Waals surface area (Å²) >= 11 is 0. The lowest BCUT2D eigenvalue weighted by atomic mass is 9.76. The minimum Gasteiger partial charge on any atom is -0.492 e. The van der Waals surface area contributed by atoms with Crippen molar-refractivity contribution < 1.29 is 9.66 Å². The molecule has 0 aliphatic carbocycles. The van der Waals surface area contributed by atoms with Gasteiger partial charge in [0.25, 0.3) is 0 Å². The smallest absolute Gasteiger partial charge is 0.211 e. The zero-order valence-corrected chi connectivity index (χ0v) is 13.8. The third-order valence-corrected chi connectivity index (χ3v) is 4.52. The van der Waals surface area contributed by atoms with Crippen LogP contribution in [0.5, 0.6) is 5.75 Å². The highest BCUT2D eigenvalue weighted by molar-refractivity contribution is 5.81. The summed E-state index contributed by atoms with van der Waals surface area (Å²) < 4.78 is 5.81. The van der Waals surface area contributed by atoms with Crippen molar-refractivity contribution in [2.75, 3.05) is 13.2 Å². The van der Waals surface area contributed by atoms with Crippen LogP contribution in [0.2, 0.25) is 0 Å². The molecular weight excluding hydrogens is 330 g/mol. The number of nitriles is 2. The number of benzene rings is 2. The second-order valence-corrected chi connectivity index (χ2v) is 5.96. The molecule has 3 rings (SSSR count). The Morgan fingerprint density at radius 2 is 1.81 bits per heavy atom. The zero-order valence-electron chi connectivity index (χ0n) is 13.8. The molecular formula is C20H15N3O3. The highest BCUT2D eigenvalue weighted by atomic mass is 16.6. The van der Waals surface area contributed by atoms with Gasteiger partial charge < -0.3 is 4.74 Å². The van der Waals surface area contributed by atoms with Gasteiger partial charge in [0, 0.05) is 16.4 Å². The molecule has 2 aromatic rings. The highest BCUT2D eigenvalue weighted by Crippen LogP contribution is 2.44. The third kappa shape index (κ3) is 3.26. The number of para-hydroxylation sites is 1. The van der Waals surface area contributed by atoms with Crippen LogP contribution < -0.4 is 4.74 Å². The van der Waals surface area contributed by atoms with E-state index in [-0.39, 0.29) is 23.6 Å². The summed E-state index contributed by atoms with van der Waals surface area (Å²) in [5.41, 5.74) is 1.92. The normalized spacial score (nSPS) is 16.4. The number of allylic oxidation sites excluding steroid dienone is 1. The van der Waals surface area contributed by atoms with Crippen LogP contribution in [0.3, 0.4) is 0 Å². The number of ether oxygens (including phenoxy) is 1. The number of hydrogen-bond donors (Lipinski definition) is 0. The van der Waals surface area contributed by atoms with Crippen molar-refractivity contribution in [1.82, 2.24) is 0 Å².